The van der Waals surface area contributed by atoms with Crippen molar-refractivity contribution >= 4 is 38.8 Å². The molecule has 1 aliphatic heterocycles. The maximum Gasteiger partial charge on any atom is 0.319 e. The predicted octanol–water partition coefficient (Wildman–Crippen LogP) is 4.25. The lowest BCUT2D eigenvalue weighted by atomic mass is 10.0. The summed E-state index contributed by atoms with van der Waals surface area (Å²) in [4.78, 5) is 12.3. The van der Waals surface area contributed by atoms with Gasteiger partial charge in [0.25, 0.3) is 10.0 Å². The van der Waals surface area contributed by atoms with Crippen molar-refractivity contribution in [2.75, 3.05) is 22.7 Å². The molecule has 0 saturated carbocycles. The third-order valence-corrected chi connectivity index (χ3v) is 8.19. The van der Waals surface area contributed by atoms with E-state index >= 15 is 0 Å². The second-order valence-electron chi connectivity index (χ2n) is 7.07. The van der Waals surface area contributed by atoms with Gasteiger partial charge in [-0.1, -0.05) is 42.5 Å². The molecule has 0 unspecified atom stereocenters. The van der Waals surface area contributed by atoms with E-state index in [2.05, 4.69) is 10.6 Å². The number of anilines is 2. The first-order chi connectivity index (χ1) is 14.5. The van der Waals surface area contributed by atoms with E-state index in [9.17, 15) is 13.2 Å². The fraction of sp³-hybridized carbons (Fsp3) is 0.227. The zero-order valence-corrected chi connectivity index (χ0v) is 18.0. The molecule has 0 fully saturated rings. The number of sulfonamides is 1. The van der Waals surface area contributed by atoms with E-state index in [1.165, 1.54) is 15.6 Å². The van der Waals surface area contributed by atoms with Gasteiger partial charge in [0.05, 0.1) is 5.69 Å². The zero-order chi connectivity index (χ0) is 21.0. The summed E-state index contributed by atoms with van der Waals surface area (Å²) in [5.41, 5.74) is 3.33. The summed E-state index contributed by atoms with van der Waals surface area (Å²) in [7, 11) is -3.60. The molecule has 0 aliphatic carbocycles. The van der Waals surface area contributed by atoms with Crippen molar-refractivity contribution in [2.24, 2.45) is 0 Å². The number of carbonyl (C=O) groups is 1. The lowest BCUT2D eigenvalue weighted by molar-refractivity contribution is 0.252. The molecule has 3 aromatic rings. The number of carbonyl (C=O) groups excluding carboxylic acids is 1. The van der Waals surface area contributed by atoms with Crippen molar-refractivity contribution in [3.63, 3.8) is 0 Å². The van der Waals surface area contributed by atoms with E-state index < -0.39 is 10.0 Å². The molecule has 1 aliphatic rings. The number of urea groups is 1. The Bertz CT molecular complexity index is 1110. The third-order valence-electron chi connectivity index (χ3n) is 5.00. The zero-order valence-electron chi connectivity index (χ0n) is 16.4. The molecule has 30 heavy (non-hydrogen) atoms. The number of fused-ring (bicyclic) bond motifs is 1. The Balaban J connectivity index is 1.45. The van der Waals surface area contributed by atoms with Gasteiger partial charge in [-0.25, -0.2) is 13.2 Å². The molecule has 0 atom stereocenters. The lowest BCUT2D eigenvalue weighted by Crippen LogP contribution is -2.35. The van der Waals surface area contributed by atoms with Crippen LogP contribution in [0.5, 0.6) is 0 Å². The van der Waals surface area contributed by atoms with Crippen molar-refractivity contribution in [2.45, 2.75) is 23.5 Å². The summed E-state index contributed by atoms with van der Waals surface area (Å²) in [5.74, 6) is 0. The largest absolute Gasteiger partial charge is 0.338 e. The summed E-state index contributed by atoms with van der Waals surface area (Å²) >= 11 is 1.21. The molecule has 0 radical (unpaired) electrons. The Morgan fingerprint density at radius 2 is 1.90 bits per heavy atom. The first kappa shape index (κ1) is 20.4. The highest BCUT2D eigenvalue weighted by Gasteiger charge is 2.30. The molecule has 0 bridgehead atoms. The van der Waals surface area contributed by atoms with Crippen LogP contribution in [0.25, 0.3) is 0 Å². The van der Waals surface area contributed by atoms with Gasteiger partial charge in [-0.2, -0.15) is 0 Å². The highest BCUT2D eigenvalue weighted by atomic mass is 32.2. The van der Waals surface area contributed by atoms with E-state index in [0.717, 1.165) is 30.4 Å². The van der Waals surface area contributed by atoms with Gasteiger partial charge < -0.3 is 10.6 Å². The average Bonchev–Trinajstić information content (AvgIpc) is 3.30. The minimum absolute atomic E-state index is 0.311. The normalized spacial score (nSPS) is 13.5. The highest BCUT2D eigenvalue weighted by Crippen LogP contribution is 2.35. The number of thiophene rings is 1. The second kappa shape index (κ2) is 8.89. The van der Waals surface area contributed by atoms with Gasteiger partial charge >= 0.3 is 6.03 Å². The number of hydrogen-bond acceptors (Lipinski definition) is 4. The molecule has 0 saturated heterocycles. The molecular weight excluding hydrogens is 418 g/mol. The summed E-state index contributed by atoms with van der Waals surface area (Å²) in [6, 6.07) is 18.4. The topological polar surface area (TPSA) is 78.5 Å². The quantitative estimate of drug-likeness (QED) is 0.600. The van der Waals surface area contributed by atoms with Crippen LogP contribution < -0.4 is 14.9 Å². The Labute approximate surface area is 180 Å². The van der Waals surface area contributed by atoms with Gasteiger partial charge in [-0.05, 0) is 54.0 Å². The first-order valence-electron chi connectivity index (χ1n) is 9.82. The molecule has 1 aromatic heterocycles. The standard InChI is InChI=1S/C22H23N3O3S2/c26-22(23-13-12-17-6-2-1-3-7-17)24-19-11-10-18-8-4-14-25(20(18)16-19)30(27,28)21-9-5-15-29-21/h1-3,5-7,9-11,15-16H,4,8,12-14H2,(H2,23,24,26). The number of hydrogen-bond donors (Lipinski definition) is 2. The van der Waals surface area contributed by atoms with Crippen LogP contribution in [0.2, 0.25) is 0 Å². The molecule has 6 nitrogen and oxygen atoms in total. The molecule has 4 rings (SSSR count). The van der Waals surface area contributed by atoms with E-state index in [1.807, 2.05) is 42.5 Å². The SMILES string of the molecule is O=C(NCCc1ccccc1)Nc1ccc2c(c1)N(S(=O)(=O)c1cccs1)CCC2. The molecule has 2 amide bonds. The second-order valence-corrected chi connectivity index (χ2v) is 10.1. The van der Waals surface area contributed by atoms with Crippen molar-refractivity contribution in [3.8, 4) is 0 Å². The predicted molar refractivity (Wildman–Crippen MR) is 121 cm³/mol. The Morgan fingerprint density at radius 1 is 1.07 bits per heavy atom. The number of nitrogens with zero attached hydrogens (tertiary/aromatic N) is 1. The minimum Gasteiger partial charge on any atom is -0.338 e. The van der Waals surface area contributed by atoms with Gasteiger partial charge in [0, 0.05) is 18.8 Å². The van der Waals surface area contributed by atoms with Crippen LogP contribution >= 0.6 is 11.3 Å². The third kappa shape index (κ3) is 4.49. The molecule has 2 heterocycles. The number of aryl methyl sites for hydroxylation is 1. The number of rotatable bonds is 6. The number of amides is 2. The molecular formula is C22H23N3O3S2. The molecule has 0 spiro atoms. The van der Waals surface area contributed by atoms with E-state index in [4.69, 9.17) is 0 Å². The Kier molecular flexibility index (Phi) is 6.06. The molecule has 8 heteroatoms. The van der Waals surface area contributed by atoms with E-state index in [1.54, 1.807) is 23.6 Å². The van der Waals surface area contributed by atoms with Crippen molar-refractivity contribution in [1.82, 2.24) is 5.32 Å². The fourth-order valence-electron chi connectivity index (χ4n) is 3.53. The Hall–Kier alpha value is -2.84. The van der Waals surface area contributed by atoms with Gasteiger partial charge in [0.15, 0.2) is 0 Å². The van der Waals surface area contributed by atoms with Crippen LogP contribution in [0, 0.1) is 0 Å². The number of benzene rings is 2. The van der Waals surface area contributed by atoms with Gasteiger partial charge in [-0.15, -0.1) is 11.3 Å². The van der Waals surface area contributed by atoms with Crippen molar-refractivity contribution in [3.05, 3.63) is 77.2 Å². The van der Waals surface area contributed by atoms with Gasteiger partial charge in [0.2, 0.25) is 0 Å². The van der Waals surface area contributed by atoms with E-state index in [-0.39, 0.29) is 6.03 Å². The average molecular weight is 442 g/mol. The van der Waals surface area contributed by atoms with Crippen LogP contribution in [0.15, 0.2) is 70.3 Å². The first-order valence-corrected chi connectivity index (χ1v) is 12.1. The maximum absolute atomic E-state index is 13.1. The van der Waals surface area contributed by atoms with Crippen LogP contribution in [-0.2, 0) is 22.9 Å². The maximum atomic E-state index is 13.1. The van der Waals surface area contributed by atoms with Crippen LogP contribution in [0.3, 0.4) is 0 Å². The highest BCUT2D eigenvalue weighted by molar-refractivity contribution is 7.94. The van der Waals surface area contributed by atoms with Gasteiger partial charge in [0.1, 0.15) is 4.21 Å². The Morgan fingerprint density at radius 3 is 2.67 bits per heavy atom. The van der Waals surface area contributed by atoms with Crippen LogP contribution in [-0.4, -0.2) is 27.5 Å². The number of nitrogens with one attached hydrogen (secondary N) is 2. The van der Waals surface area contributed by atoms with Crippen LogP contribution in [0.1, 0.15) is 17.5 Å². The fourth-order valence-corrected chi connectivity index (χ4v) is 6.17. The molecule has 2 aromatic carbocycles. The van der Waals surface area contributed by atoms with Gasteiger partial charge in [-0.3, -0.25) is 4.31 Å². The monoisotopic (exact) mass is 441 g/mol. The lowest BCUT2D eigenvalue weighted by Gasteiger charge is -2.30. The minimum atomic E-state index is -3.60. The molecule has 156 valence electrons. The van der Waals surface area contributed by atoms with E-state index in [0.29, 0.717) is 28.7 Å². The summed E-state index contributed by atoms with van der Waals surface area (Å²) < 4.78 is 27.9. The smallest absolute Gasteiger partial charge is 0.319 e. The summed E-state index contributed by atoms with van der Waals surface area (Å²) in [6.07, 6.45) is 2.32. The van der Waals surface area contributed by atoms with Crippen molar-refractivity contribution in [1.29, 1.82) is 0 Å². The van der Waals surface area contributed by atoms with Crippen molar-refractivity contribution < 1.29 is 13.2 Å². The van der Waals surface area contributed by atoms with Crippen LogP contribution in [0.4, 0.5) is 16.2 Å². The molecule has 2 N–H and O–H groups in total. The summed E-state index contributed by atoms with van der Waals surface area (Å²) in [5, 5.41) is 7.42. The summed E-state index contributed by atoms with van der Waals surface area (Å²) in [6.45, 7) is 0.944.